The van der Waals surface area contributed by atoms with Crippen LogP contribution in [0.2, 0.25) is 0 Å². The number of nitrogens with two attached hydrogens (primary N) is 2. The van der Waals surface area contributed by atoms with Crippen molar-refractivity contribution in [2.24, 2.45) is 5.73 Å². The molecule has 0 fully saturated rings. The average Bonchev–Trinajstić information content (AvgIpc) is 2.33. The van der Waals surface area contributed by atoms with Gasteiger partial charge in [0.2, 0.25) is 0 Å². The van der Waals surface area contributed by atoms with Gasteiger partial charge in [0, 0.05) is 44.5 Å². The van der Waals surface area contributed by atoms with E-state index in [9.17, 15) is 0 Å². The number of rotatable bonds is 0. The van der Waals surface area contributed by atoms with Gasteiger partial charge in [0.05, 0.1) is 11.4 Å². The third-order valence-corrected chi connectivity index (χ3v) is 4.27. The molecule has 0 radical (unpaired) electrons. The summed E-state index contributed by atoms with van der Waals surface area (Å²) in [4.78, 5) is 4.67. The maximum Gasteiger partial charge on any atom is 0.0673 e. The predicted octanol–water partition coefficient (Wildman–Crippen LogP) is 1.49. The Labute approximate surface area is 109 Å². The van der Waals surface area contributed by atoms with E-state index in [0.717, 1.165) is 37.2 Å². The number of nitrogen functional groups attached to an aromatic ring is 1. The molecule has 1 unspecified atom stereocenters. The van der Waals surface area contributed by atoms with E-state index in [2.05, 4.69) is 30.0 Å². The predicted molar refractivity (Wildman–Crippen MR) is 77.3 cm³/mol. The molecule has 0 spiro atoms. The van der Waals surface area contributed by atoms with E-state index in [-0.39, 0.29) is 6.04 Å². The van der Waals surface area contributed by atoms with E-state index in [1.807, 2.05) is 0 Å². The zero-order valence-electron chi connectivity index (χ0n) is 11.2. The highest BCUT2D eigenvalue weighted by atomic mass is 15.2. The van der Waals surface area contributed by atoms with Gasteiger partial charge in [-0.25, -0.2) is 0 Å². The van der Waals surface area contributed by atoms with Crippen molar-refractivity contribution in [3.8, 4) is 0 Å². The van der Waals surface area contributed by atoms with Crippen molar-refractivity contribution in [2.75, 3.05) is 42.7 Å². The van der Waals surface area contributed by atoms with Gasteiger partial charge in [-0.2, -0.15) is 0 Å². The molecule has 0 saturated heterocycles. The number of aryl methyl sites for hydroxylation is 1. The van der Waals surface area contributed by atoms with Crippen LogP contribution in [0.5, 0.6) is 0 Å². The quantitative estimate of drug-likeness (QED) is 0.681. The van der Waals surface area contributed by atoms with Crippen LogP contribution < -0.4 is 21.3 Å². The third-order valence-electron chi connectivity index (χ3n) is 4.27. The molecule has 0 aromatic heterocycles. The van der Waals surface area contributed by atoms with Crippen molar-refractivity contribution in [3.05, 3.63) is 17.2 Å². The third kappa shape index (κ3) is 1.56. The second-order valence-corrected chi connectivity index (χ2v) is 5.58. The van der Waals surface area contributed by atoms with Crippen molar-refractivity contribution in [2.45, 2.75) is 25.3 Å². The Morgan fingerprint density at radius 3 is 2.67 bits per heavy atom. The van der Waals surface area contributed by atoms with Crippen LogP contribution in [-0.4, -0.2) is 27.2 Å². The molecule has 98 valence electrons. The van der Waals surface area contributed by atoms with Crippen LogP contribution in [-0.2, 0) is 6.42 Å². The van der Waals surface area contributed by atoms with Crippen molar-refractivity contribution >= 4 is 17.1 Å². The summed E-state index contributed by atoms with van der Waals surface area (Å²) in [6.07, 6.45) is 3.31. The summed E-state index contributed by atoms with van der Waals surface area (Å²) in [7, 11) is 4.31. The molecular formula is C14H22N4. The fourth-order valence-corrected chi connectivity index (χ4v) is 3.35. The minimum absolute atomic E-state index is 0.0804. The smallest absolute Gasteiger partial charge is 0.0673 e. The number of hydrogen-bond donors (Lipinski definition) is 2. The zero-order valence-corrected chi connectivity index (χ0v) is 11.2. The molecule has 0 amide bonds. The van der Waals surface area contributed by atoms with Crippen LogP contribution in [0.1, 0.15) is 30.0 Å². The van der Waals surface area contributed by atoms with Crippen molar-refractivity contribution in [1.82, 2.24) is 0 Å². The minimum Gasteiger partial charge on any atom is -0.398 e. The Morgan fingerprint density at radius 2 is 1.89 bits per heavy atom. The van der Waals surface area contributed by atoms with E-state index in [1.165, 1.54) is 23.4 Å². The highest BCUT2D eigenvalue weighted by Crippen LogP contribution is 2.46. The summed E-state index contributed by atoms with van der Waals surface area (Å²) in [6, 6.07) is 2.22. The second kappa shape index (κ2) is 4.05. The molecule has 1 aromatic rings. The van der Waals surface area contributed by atoms with Gasteiger partial charge in [-0.3, -0.25) is 0 Å². The minimum atomic E-state index is 0.0804. The van der Waals surface area contributed by atoms with E-state index < -0.39 is 0 Å². The normalized spacial score (nSPS) is 22.7. The summed E-state index contributed by atoms with van der Waals surface area (Å²) >= 11 is 0. The fourth-order valence-electron chi connectivity index (χ4n) is 3.35. The summed E-state index contributed by atoms with van der Waals surface area (Å²) in [5.41, 5.74) is 18.5. The lowest BCUT2D eigenvalue weighted by Crippen LogP contribution is -2.35. The molecule has 0 saturated carbocycles. The van der Waals surface area contributed by atoms with Gasteiger partial charge in [0.25, 0.3) is 0 Å². The van der Waals surface area contributed by atoms with Crippen LogP contribution in [0, 0.1) is 0 Å². The van der Waals surface area contributed by atoms with Gasteiger partial charge in [-0.15, -0.1) is 0 Å². The molecule has 4 N–H and O–H groups in total. The maximum absolute atomic E-state index is 6.26. The summed E-state index contributed by atoms with van der Waals surface area (Å²) in [6.45, 7) is 2.13. The van der Waals surface area contributed by atoms with Crippen molar-refractivity contribution < 1.29 is 0 Å². The molecule has 2 heterocycles. The van der Waals surface area contributed by atoms with Crippen LogP contribution >= 0.6 is 0 Å². The molecule has 2 aliphatic rings. The first-order valence-corrected chi connectivity index (χ1v) is 6.72. The zero-order chi connectivity index (χ0) is 12.9. The van der Waals surface area contributed by atoms with Crippen molar-refractivity contribution in [3.63, 3.8) is 0 Å². The highest BCUT2D eigenvalue weighted by Gasteiger charge is 2.30. The number of fused-ring (bicyclic) bond motifs is 3. The van der Waals surface area contributed by atoms with Gasteiger partial charge in [-0.1, -0.05) is 0 Å². The molecule has 0 bridgehead atoms. The fraction of sp³-hybridized carbons (Fsp3) is 0.571. The van der Waals surface area contributed by atoms with Crippen LogP contribution in [0.15, 0.2) is 6.07 Å². The Hall–Kier alpha value is -1.42. The lowest BCUT2D eigenvalue weighted by atomic mass is 9.89. The van der Waals surface area contributed by atoms with E-state index in [4.69, 9.17) is 11.5 Å². The van der Waals surface area contributed by atoms with E-state index in [0.29, 0.717) is 0 Å². The Bertz CT molecular complexity index is 483. The first kappa shape index (κ1) is 11.7. The van der Waals surface area contributed by atoms with Gasteiger partial charge >= 0.3 is 0 Å². The van der Waals surface area contributed by atoms with E-state index >= 15 is 0 Å². The second-order valence-electron chi connectivity index (χ2n) is 5.58. The maximum atomic E-state index is 6.26. The van der Waals surface area contributed by atoms with Crippen LogP contribution in [0.4, 0.5) is 17.1 Å². The standard InChI is InChI=1S/C14H22N4/c1-17-6-3-4-9-8-11(16)12-10(15)5-7-18(2)14(12)13(9)17/h8,10H,3-7,15-16H2,1-2H3. The number of hydrogen-bond acceptors (Lipinski definition) is 4. The first-order valence-electron chi connectivity index (χ1n) is 6.72. The molecule has 2 aliphatic heterocycles. The van der Waals surface area contributed by atoms with Gasteiger partial charge in [0.1, 0.15) is 0 Å². The SMILES string of the molecule is CN1CCCc2cc(N)c3c(c21)N(C)CCC3N. The molecule has 0 aliphatic carbocycles. The summed E-state index contributed by atoms with van der Waals surface area (Å²) in [5, 5.41) is 0. The molecule has 3 rings (SSSR count). The van der Waals surface area contributed by atoms with E-state index in [1.54, 1.807) is 0 Å². The topological polar surface area (TPSA) is 58.5 Å². The number of nitrogens with zero attached hydrogens (tertiary/aromatic N) is 2. The molecule has 4 heteroatoms. The highest BCUT2D eigenvalue weighted by molar-refractivity contribution is 5.85. The Morgan fingerprint density at radius 1 is 1.17 bits per heavy atom. The number of anilines is 3. The Balaban J connectivity index is 2.27. The van der Waals surface area contributed by atoms with Gasteiger partial charge < -0.3 is 21.3 Å². The average molecular weight is 246 g/mol. The summed E-state index contributed by atoms with van der Waals surface area (Å²) < 4.78 is 0. The lowest BCUT2D eigenvalue weighted by Gasteiger charge is -2.39. The molecule has 18 heavy (non-hydrogen) atoms. The molecule has 1 aromatic carbocycles. The van der Waals surface area contributed by atoms with Gasteiger partial charge in [-0.05, 0) is 30.9 Å². The van der Waals surface area contributed by atoms with Crippen molar-refractivity contribution in [1.29, 1.82) is 0 Å². The lowest BCUT2D eigenvalue weighted by molar-refractivity contribution is 0.612. The molecule has 4 nitrogen and oxygen atoms in total. The molecular weight excluding hydrogens is 224 g/mol. The van der Waals surface area contributed by atoms with Gasteiger partial charge in [0.15, 0.2) is 0 Å². The first-order chi connectivity index (χ1) is 8.59. The number of benzene rings is 1. The summed E-state index contributed by atoms with van der Waals surface area (Å²) in [5.74, 6) is 0. The largest absolute Gasteiger partial charge is 0.398 e. The Kier molecular flexibility index (Phi) is 2.63. The van der Waals surface area contributed by atoms with Crippen LogP contribution in [0.25, 0.3) is 0 Å². The molecule has 1 atom stereocenters. The van der Waals surface area contributed by atoms with Crippen LogP contribution in [0.3, 0.4) is 0 Å². The monoisotopic (exact) mass is 246 g/mol.